The van der Waals surface area contributed by atoms with Crippen molar-refractivity contribution in [1.29, 1.82) is 0 Å². The number of nitrogens with zero attached hydrogens (tertiary/aromatic N) is 2. The molecule has 0 saturated carbocycles. The first kappa shape index (κ1) is 10.2. The summed E-state index contributed by atoms with van der Waals surface area (Å²) in [7, 11) is 1.36. The number of hydrogen-bond acceptors (Lipinski definition) is 4. The molecule has 1 unspecified atom stereocenters. The lowest BCUT2D eigenvalue weighted by Gasteiger charge is -2.23. The summed E-state index contributed by atoms with van der Waals surface area (Å²) < 4.78 is 11.8. The van der Waals surface area contributed by atoms with Crippen LogP contribution in [0.15, 0.2) is 12.3 Å². The van der Waals surface area contributed by atoms with Gasteiger partial charge in [-0.3, -0.25) is 0 Å². The largest absolute Gasteiger partial charge is 0.464 e. The smallest absolute Gasteiger partial charge is 0.356 e. The predicted octanol–water partition coefficient (Wildman–Crippen LogP) is 1.37. The van der Waals surface area contributed by atoms with Gasteiger partial charge in [-0.1, -0.05) is 0 Å². The maximum Gasteiger partial charge on any atom is 0.356 e. The van der Waals surface area contributed by atoms with E-state index in [4.69, 9.17) is 4.74 Å². The Morgan fingerprint density at radius 3 is 3.20 bits per heavy atom. The minimum atomic E-state index is -0.373. The fourth-order valence-corrected chi connectivity index (χ4v) is 1.73. The van der Waals surface area contributed by atoms with E-state index in [-0.39, 0.29) is 12.2 Å². The molecule has 0 N–H and O–H groups in total. The molecule has 0 amide bonds. The van der Waals surface area contributed by atoms with Gasteiger partial charge in [0.15, 0.2) is 6.23 Å². The quantitative estimate of drug-likeness (QED) is 0.692. The van der Waals surface area contributed by atoms with Gasteiger partial charge in [-0.15, -0.1) is 0 Å². The fraction of sp³-hybridized carbons (Fsp3) is 0.600. The summed E-state index contributed by atoms with van der Waals surface area (Å²) in [4.78, 5) is 11.4. The zero-order chi connectivity index (χ0) is 10.7. The lowest BCUT2D eigenvalue weighted by Crippen LogP contribution is -2.23. The van der Waals surface area contributed by atoms with E-state index >= 15 is 0 Å². The van der Waals surface area contributed by atoms with Crippen LogP contribution in [0.1, 0.15) is 36.0 Å². The van der Waals surface area contributed by atoms with Crippen LogP contribution >= 0.6 is 0 Å². The highest BCUT2D eigenvalue weighted by Crippen LogP contribution is 2.23. The first-order valence-corrected chi connectivity index (χ1v) is 5.06. The van der Waals surface area contributed by atoms with Gasteiger partial charge in [-0.25, -0.2) is 9.48 Å². The summed E-state index contributed by atoms with van der Waals surface area (Å²) >= 11 is 0. The number of hydrogen-bond donors (Lipinski definition) is 0. The van der Waals surface area contributed by atoms with Crippen molar-refractivity contribution in [3.8, 4) is 0 Å². The van der Waals surface area contributed by atoms with Crippen LogP contribution in [0, 0.1) is 0 Å². The van der Waals surface area contributed by atoms with Crippen LogP contribution in [0.5, 0.6) is 0 Å². The number of methoxy groups -OCH3 is 1. The molecule has 1 aliphatic heterocycles. The molecule has 1 atom stereocenters. The Morgan fingerprint density at radius 2 is 2.53 bits per heavy atom. The Bertz CT molecular complexity index is 342. The van der Waals surface area contributed by atoms with Crippen LogP contribution in [0.4, 0.5) is 0 Å². The number of ether oxygens (including phenoxy) is 2. The summed E-state index contributed by atoms with van der Waals surface area (Å²) in [5.74, 6) is -0.373. The zero-order valence-electron chi connectivity index (χ0n) is 8.68. The third-order valence-electron chi connectivity index (χ3n) is 2.49. The molecule has 1 aromatic heterocycles. The van der Waals surface area contributed by atoms with Gasteiger partial charge in [-0.2, -0.15) is 5.10 Å². The van der Waals surface area contributed by atoms with Crippen molar-refractivity contribution >= 4 is 5.97 Å². The molecule has 0 radical (unpaired) electrons. The lowest BCUT2D eigenvalue weighted by molar-refractivity contribution is -0.0415. The Hall–Kier alpha value is -1.36. The van der Waals surface area contributed by atoms with Crippen LogP contribution in [-0.4, -0.2) is 29.5 Å². The van der Waals surface area contributed by atoms with Crippen molar-refractivity contribution in [1.82, 2.24) is 9.78 Å². The van der Waals surface area contributed by atoms with E-state index < -0.39 is 0 Å². The molecule has 5 heteroatoms. The molecule has 0 aliphatic carbocycles. The monoisotopic (exact) mass is 210 g/mol. The van der Waals surface area contributed by atoms with Gasteiger partial charge in [0, 0.05) is 12.8 Å². The van der Waals surface area contributed by atoms with Crippen LogP contribution in [0.3, 0.4) is 0 Å². The molecule has 82 valence electrons. The second-order valence-electron chi connectivity index (χ2n) is 3.47. The highest BCUT2D eigenvalue weighted by Gasteiger charge is 2.22. The highest BCUT2D eigenvalue weighted by atomic mass is 16.5. The van der Waals surface area contributed by atoms with E-state index in [0.717, 1.165) is 25.9 Å². The number of carbonyl (C=O) groups is 1. The Morgan fingerprint density at radius 1 is 1.67 bits per heavy atom. The van der Waals surface area contributed by atoms with Crippen molar-refractivity contribution in [2.24, 2.45) is 0 Å². The van der Waals surface area contributed by atoms with E-state index in [1.54, 1.807) is 16.9 Å². The molecule has 5 nitrogen and oxygen atoms in total. The SMILES string of the molecule is COC(=O)c1ccnn1C1CCCCO1. The summed E-state index contributed by atoms with van der Waals surface area (Å²) in [5, 5.41) is 4.10. The number of esters is 1. The third kappa shape index (κ3) is 2.02. The molecule has 1 aromatic rings. The maximum absolute atomic E-state index is 11.4. The van der Waals surface area contributed by atoms with Crippen molar-refractivity contribution < 1.29 is 14.3 Å². The lowest BCUT2D eigenvalue weighted by atomic mass is 10.2. The summed E-state index contributed by atoms with van der Waals surface area (Å²) in [6.45, 7) is 0.727. The maximum atomic E-state index is 11.4. The van der Waals surface area contributed by atoms with E-state index in [9.17, 15) is 4.79 Å². The van der Waals surface area contributed by atoms with Crippen LogP contribution < -0.4 is 0 Å². The van der Waals surface area contributed by atoms with E-state index in [0.29, 0.717) is 5.69 Å². The van der Waals surface area contributed by atoms with Crippen molar-refractivity contribution in [3.63, 3.8) is 0 Å². The van der Waals surface area contributed by atoms with Crippen molar-refractivity contribution in [2.75, 3.05) is 13.7 Å². The van der Waals surface area contributed by atoms with Gasteiger partial charge in [0.2, 0.25) is 0 Å². The second kappa shape index (κ2) is 4.44. The Labute approximate surface area is 88.0 Å². The molecule has 15 heavy (non-hydrogen) atoms. The minimum Gasteiger partial charge on any atom is -0.464 e. The summed E-state index contributed by atoms with van der Waals surface area (Å²) in [6.07, 6.45) is 4.54. The average molecular weight is 210 g/mol. The average Bonchev–Trinajstić information content (AvgIpc) is 2.78. The molecular formula is C10H14N2O3. The number of rotatable bonds is 2. The fourth-order valence-electron chi connectivity index (χ4n) is 1.73. The van der Waals surface area contributed by atoms with Gasteiger partial charge < -0.3 is 9.47 Å². The van der Waals surface area contributed by atoms with Gasteiger partial charge in [0.1, 0.15) is 5.69 Å². The number of carbonyl (C=O) groups excluding carboxylic acids is 1. The topological polar surface area (TPSA) is 53.3 Å². The first-order chi connectivity index (χ1) is 7.33. The molecule has 1 saturated heterocycles. The molecule has 0 aromatic carbocycles. The van der Waals surface area contributed by atoms with Crippen LogP contribution in [-0.2, 0) is 9.47 Å². The normalized spacial score (nSPS) is 21.3. The van der Waals surface area contributed by atoms with E-state index in [1.807, 2.05) is 0 Å². The molecule has 2 rings (SSSR count). The molecule has 2 heterocycles. The third-order valence-corrected chi connectivity index (χ3v) is 2.49. The van der Waals surface area contributed by atoms with E-state index in [2.05, 4.69) is 9.84 Å². The molecule has 1 fully saturated rings. The van der Waals surface area contributed by atoms with Crippen molar-refractivity contribution in [2.45, 2.75) is 25.5 Å². The van der Waals surface area contributed by atoms with Gasteiger partial charge in [0.25, 0.3) is 0 Å². The zero-order valence-corrected chi connectivity index (χ0v) is 8.68. The van der Waals surface area contributed by atoms with Gasteiger partial charge in [-0.05, 0) is 25.3 Å². The van der Waals surface area contributed by atoms with Gasteiger partial charge >= 0.3 is 5.97 Å². The number of aromatic nitrogens is 2. The molecule has 0 spiro atoms. The molecular weight excluding hydrogens is 196 g/mol. The summed E-state index contributed by atoms with van der Waals surface area (Å²) in [5.41, 5.74) is 0.449. The molecule has 1 aliphatic rings. The Balaban J connectivity index is 2.19. The highest BCUT2D eigenvalue weighted by molar-refractivity contribution is 5.87. The second-order valence-corrected chi connectivity index (χ2v) is 3.47. The standard InChI is InChI=1S/C10H14N2O3/c1-14-10(13)8-5-6-11-12(8)9-4-2-3-7-15-9/h5-6,9H,2-4,7H2,1H3. The summed E-state index contributed by atoms with van der Waals surface area (Å²) in [6, 6.07) is 1.64. The van der Waals surface area contributed by atoms with Crippen LogP contribution in [0.2, 0.25) is 0 Å². The first-order valence-electron chi connectivity index (χ1n) is 5.06. The van der Waals surface area contributed by atoms with Crippen LogP contribution in [0.25, 0.3) is 0 Å². The Kier molecular flexibility index (Phi) is 3.01. The van der Waals surface area contributed by atoms with Gasteiger partial charge in [0.05, 0.1) is 7.11 Å². The molecule has 0 bridgehead atoms. The van der Waals surface area contributed by atoms with E-state index in [1.165, 1.54) is 7.11 Å². The van der Waals surface area contributed by atoms with Crippen molar-refractivity contribution in [3.05, 3.63) is 18.0 Å². The predicted molar refractivity (Wildman–Crippen MR) is 52.4 cm³/mol. The minimum absolute atomic E-state index is 0.122.